The molecule has 27 heavy (non-hydrogen) atoms. The molecule has 2 aliphatic rings. The SMILES string of the molecule is O=C(Cc1csc(-c2cccs2)n1)NCC1(N2CCCCC2)CCCCC1. The fourth-order valence-electron chi connectivity index (χ4n) is 4.57. The Morgan fingerprint density at radius 2 is 1.89 bits per heavy atom. The van der Waals surface area contributed by atoms with Crippen LogP contribution in [0, 0.1) is 0 Å². The van der Waals surface area contributed by atoms with Crippen LogP contribution in [0.2, 0.25) is 0 Å². The average Bonchev–Trinajstić information content (AvgIpc) is 3.40. The van der Waals surface area contributed by atoms with Gasteiger partial charge in [0.25, 0.3) is 0 Å². The van der Waals surface area contributed by atoms with Gasteiger partial charge in [0.05, 0.1) is 17.0 Å². The zero-order valence-electron chi connectivity index (χ0n) is 15.9. The molecule has 2 aromatic heterocycles. The smallest absolute Gasteiger partial charge is 0.226 e. The van der Waals surface area contributed by atoms with E-state index < -0.39 is 0 Å². The lowest BCUT2D eigenvalue weighted by Gasteiger charge is -2.48. The highest BCUT2D eigenvalue weighted by molar-refractivity contribution is 7.20. The molecule has 0 aromatic carbocycles. The lowest BCUT2D eigenvalue weighted by Crippen LogP contribution is -2.58. The Balaban J connectivity index is 1.35. The van der Waals surface area contributed by atoms with Crippen molar-refractivity contribution in [2.24, 2.45) is 0 Å². The monoisotopic (exact) mass is 403 g/mol. The summed E-state index contributed by atoms with van der Waals surface area (Å²) in [4.78, 5) is 21.1. The first-order valence-corrected chi connectivity index (χ1v) is 12.0. The summed E-state index contributed by atoms with van der Waals surface area (Å²) < 4.78 is 0. The Morgan fingerprint density at radius 1 is 1.11 bits per heavy atom. The molecule has 0 atom stereocenters. The molecule has 1 aliphatic heterocycles. The fourth-order valence-corrected chi connectivity index (χ4v) is 6.21. The molecule has 2 aromatic rings. The lowest BCUT2D eigenvalue weighted by molar-refractivity contribution is -0.121. The van der Waals surface area contributed by atoms with Crippen LogP contribution in [0.1, 0.15) is 57.1 Å². The normalized spacial score (nSPS) is 20.4. The highest BCUT2D eigenvalue weighted by atomic mass is 32.1. The van der Waals surface area contributed by atoms with E-state index in [2.05, 4.69) is 26.6 Å². The van der Waals surface area contributed by atoms with E-state index in [9.17, 15) is 4.79 Å². The minimum absolute atomic E-state index is 0.111. The number of carbonyl (C=O) groups is 1. The summed E-state index contributed by atoms with van der Waals surface area (Å²) in [5.41, 5.74) is 1.08. The van der Waals surface area contributed by atoms with Crippen molar-refractivity contribution in [2.45, 2.75) is 63.3 Å². The average molecular weight is 404 g/mol. The second-order valence-corrected chi connectivity index (χ2v) is 9.71. The molecule has 1 saturated carbocycles. The van der Waals surface area contributed by atoms with Crippen LogP contribution < -0.4 is 5.32 Å². The number of aromatic nitrogens is 1. The van der Waals surface area contributed by atoms with E-state index >= 15 is 0 Å². The van der Waals surface area contributed by atoms with Crippen molar-refractivity contribution in [1.29, 1.82) is 0 Å². The van der Waals surface area contributed by atoms with Gasteiger partial charge in [0.15, 0.2) is 0 Å². The quantitative estimate of drug-likeness (QED) is 0.759. The third-order valence-electron chi connectivity index (χ3n) is 6.05. The first-order chi connectivity index (χ1) is 13.3. The van der Waals surface area contributed by atoms with E-state index in [1.165, 1.54) is 69.3 Å². The van der Waals surface area contributed by atoms with Crippen LogP contribution in [0.4, 0.5) is 0 Å². The van der Waals surface area contributed by atoms with Crippen molar-refractivity contribution in [3.63, 3.8) is 0 Å². The van der Waals surface area contributed by atoms with Crippen LogP contribution >= 0.6 is 22.7 Å². The number of nitrogens with zero attached hydrogens (tertiary/aromatic N) is 2. The maximum atomic E-state index is 12.6. The first kappa shape index (κ1) is 19.1. The number of hydrogen-bond acceptors (Lipinski definition) is 5. The summed E-state index contributed by atoms with van der Waals surface area (Å²) >= 11 is 3.32. The van der Waals surface area contributed by atoms with Crippen LogP contribution in [0.25, 0.3) is 9.88 Å². The number of nitrogens with one attached hydrogen (secondary N) is 1. The molecule has 3 heterocycles. The highest BCUT2D eigenvalue weighted by Gasteiger charge is 2.38. The van der Waals surface area contributed by atoms with Crippen molar-refractivity contribution >= 4 is 28.6 Å². The Kier molecular flexibility index (Phi) is 6.25. The van der Waals surface area contributed by atoms with E-state index in [4.69, 9.17) is 0 Å². The number of rotatable bonds is 6. The molecule has 4 nitrogen and oxygen atoms in total. The topological polar surface area (TPSA) is 45.2 Å². The Labute approximate surface area is 170 Å². The molecular formula is C21H29N3OS2. The van der Waals surface area contributed by atoms with E-state index in [1.807, 2.05) is 11.4 Å². The predicted molar refractivity (Wildman–Crippen MR) is 113 cm³/mol. The second kappa shape index (κ2) is 8.84. The maximum Gasteiger partial charge on any atom is 0.226 e. The standard InChI is InChI=1S/C21H29N3OS2/c25-19(14-17-15-27-20(23-17)18-8-7-13-26-18)22-16-21(9-3-1-4-10-21)24-11-5-2-6-12-24/h7-8,13,15H,1-6,9-12,14,16H2,(H,22,25). The highest BCUT2D eigenvalue weighted by Crippen LogP contribution is 2.35. The van der Waals surface area contributed by atoms with Gasteiger partial charge in [-0.15, -0.1) is 22.7 Å². The third kappa shape index (κ3) is 4.61. The van der Waals surface area contributed by atoms with Gasteiger partial charge in [0.2, 0.25) is 5.91 Å². The maximum absolute atomic E-state index is 12.6. The van der Waals surface area contributed by atoms with Gasteiger partial charge >= 0.3 is 0 Å². The molecule has 1 N–H and O–H groups in total. The van der Waals surface area contributed by atoms with Gasteiger partial charge in [-0.05, 0) is 50.2 Å². The molecule has 4 rings (SSSR count). The lowest BCUT2D eigenvalue weighted by atomic mass is 9.79. The van der Waals surface area contributed by atoms with E-state index in [1.54, 1.807) is 22.7 Å². The van der Waals surface area contributed by atoms with Crippen molar-refractivity contribution in [1.82, 2.24) is 15.2 Å². The van der Waals surface area contributed by atoms with Crippen LogP contribution in [-0.4, -0.2) is 41.0 Å². The van der Waals surface area contributed by atoms with Crippen LogP contribution in [0.5, 0.6) is 0 Å². The van der Waals surface area contributed by atoms with Crippen molar-refractivity contribution in [3.05, 3.63) is 28.6 Å². The fraction of sp³-hybridized carbons (Fsp3) is 0.619. The van der Waals surface area contributed by atoms with E-state index in [0.717, 1.165) is 17.2 Å². The molecule has 1 aliphatic carbocycles. The number of piperidine rings is 1. The van der Waals surface area contributed by atoms with Gasteiger partial charge in [-0.25, -0.2) is 4.98 Å². The molecule has 0 spiro atoms. The molecule has 0 bridgehead atoms. The Morgan fingerprint density at radius 3 is 2.63 bits per heavy atom. The van der Waals surface area contributed by atoms with Gasteiger partial charge in [-0.1, -0.05) is 31.7 Å². The molecule has 6 heteroatoms. The van der Waals surface area contributed by atoms with Gasteiger partial charge in [0, 0.05) is 17.5 Å². The van der Waals surface area contributed by atoms with E-state index in [0.29, 0.717) is 6.42 Å². The molecule has 0 radical (unpaired) electrons. The summed E-state index contributed by atoms with van der Waals surface area (Å²) in [6, 6.07) is 4.12. The zero-order chi connectivity index (χ0) is 18.5. The summed E-state index contributed by atoms with van der Waals surface area (Å²) in [5, 5.41) is 8.37. The summed E-state index contributed by atoms with van der Waals surface area (Å²) in [6.45, 7) is 3.20. The molecule has 1 amide bonds. The van der Waals surface area contributed by atoms with Crippen molar-refractivity contribution < 1.29 is 4.79 Å². The van der Waals surface area contributed by atoms with Crippen molar-refractivity contribution in [3.8, 4) is 9.88 Å². The molecule has 1 saturated heterocycles. The van der Waals surface area contributed by atoms with Crippen molar-refractivity contribution in [2.75, 3.05) is 19.6 Å². The van der Waals surface area contributed by atoms with Gasteiger partial charge in [-0.2, -0.15) is 0 Å². The van der Waals surface area contributed by atoms with E-state index in [-0.39, 0.29) is 11.4 Å². The Bertz CT molecular complexity index is 728. The van der Waals surface area contributed by atoms with Gasteiger partial charge in [0.1, 0.15) is 5.01 Å². The number of thiazole rings is 1. The van der Waals surface area contributed by atoms with Gasteiger partial charge in [-0.3, -0.25) is 9.69 Å². The molecular weight excluding hydrogens is 374 g/mol. The minimum Gasteiger partial charge on any atom is -0.354 e. The number of amides is 1. The Hall–Kier alpha value is -1.24. The second-order valence-electron chi connectivity index (χ2n) is 7.91. The van der Waals surface area contributed by atoms with Gasteiger partial charge < -0.3 is 5.32 Å². The number of carbonyl (C=O) groups excluding carboxylic acids is 1. The first-order valence-electron chi connectivity index (χ1n) is 10.3. The zero-order valence-corrected chi connectivity index (χ0v) is 17.5. The largest absolute Gasteiger partial charge is 0.354 e. The number of thiophene rings is 1. The summed E-state index contributed by atoms with van der Waals surface area (Å²) in [7, 11) is 0. The summed E-state index contributed by atoms with van der Waals surface area (Å²) in [5.74, 6) is 0.111. The number of hydrogen-bond donors (Lipinski definition) is 1. The molecule has 146 valence electrons. The van der Waals surface area contributed by atoms with Crippen LogP contribution in [0.15, 0.2) is 22.9 Å². The van der Waals surface area contributed by atoms with Crippen LogP contribution in [0.3, 0.4) is 0 Å². The molecule has 2 fully saturated rings. The van der Waals surface area contributed by atoms with Crippen LogP contribution in [-0.2, 0) is 11.2 Å². The molecule has 0 unspecified atom stereocenters. The minimum atomic E-state index is 0.111. The number of likely N-dealkylation sites (tertiary alicyclic amines) is 1. The summed E-state index contributed by atoms with van der Waals surface area (Å²) in [6.07, 6.45) is 10.7. The third-order valence-corrected chi connectivity index (χ3v) is 7.98. The predicted octanol–water partition coefficient (Wildman–Crippen LogP) is 4.72.